The van der Waals surface area contributed by atoms with Gasteiger partial charge in [0.25, 0.3) is 5.91 Å². The molecule has 0 aromatic heterocycles. The number of anilines is 2. The zero-order valence-corrected chi connectivity index (χ0v) is 12.1. The van der Waals surface area contributed by atoms with Crippen molar-refractivity contribution in [3.8, 4) is 0 Å². The van der Waals surface area contributed by atoms with Crippen LogP contribution in [-0.4, -0.2) is 11.8 Å². The first-order chi connectivity index (χ1) is 10.5. The van der Waals surface area contributed by atoms with Crippen molar-refractivity contribution >= 4 is 23.2 Å². The van der Waals surface area contributed by atoms with Crippen LogP contribution in [0.25, 0.3) is 0 Å². The fourth-order valence-corrected chi connectivity index (χ4v) is 2.51. The second kappa shape index (κ2) is 5.60. The van der Waals surface area contributed by atoms with E-state index in [1.807, 2.05) is 19.1 Å². The van der Waals surface area contributed by atoms with Gasteiger partial charge in [0.15, 0.2) is 0 Å². The van der Waals surface area contributed by atoms with E-state index in [1.54, 1.807) is 12.1 Å². The van der Waals surface area contributed by atoms with Gasteiger partial charge in [0.2, 0.25) is 5.91 Å². The summed E-state index contributed by atoms with van der Waals surface area (Å²) in [5.41, 5.74) is 2.66. The topological polar surface area (TPSA) is 58.2 Å². The first-order valence-electron chi connectivity index (χ1n) is 7.04. The van der Waals surface area contributed by atoms with Crippen LogP contribution in [0.1, 0.15) is 27.9 Å². The van der Waals surface area contributed by atoms with Gasteiger partial charge in [0, 0.05) is 17.7 Å². The average Bonchev–Trinajstić information content (AvgIpc) is 2.49. The molecule has 2 aromatic rings. The molecule has 0 aliphatic carbocycles. The van der Waals surface area contributed by atoms with E-state index in [0.29, 0.717) is 24.1 Å². The molecule has 0 unspecified atom stereocenters. The Labute approximate surface area is 127 Å². The summed E-state index contributed by atoms with van der Waals surface area (Å²) in [5, 5.41) is 5.26. The van der Waals surface area contributed by atoms with Gasteiger partial charge < -0.3 is 10.6 Å². The molecule has 0 bridgehead atoms. The van der Waals surface area contributed by atoms with E-state index in [-0.39, 0.29) is 17.5 Å². The summed E-state index contributed by atoms with van der Waals surface area (Å²) in [5.74, 6) is -0.980. The largest absolute Gasteiger partial charge is 0.326 e. The number of carbonyl (C=O) groups is 2. The normalized spacial score (nSPS) is 13.3. The van der Waals surface area contributed by atoms with Crippen LogP contribution in [0.5, 0.6) is 0 Å². The number of rotatable bonds is 2. The zero-order chi connectivity index (χ0) is 15.7. The maximum atomic E-state index is 14.1. The number of aryl methyl sites for hydroxylation is 2. The first kappa shape index (κ1) is 14.3. The van der Waals surface area contributed by atoms with E-state index in [4.69, 9.17) is 0 Å². The molecule has 1 aliphatic heterocycles. The molecule has 0 spiro atoms. The summed E-state index contributed by atoms with van der Waals surface area (Å²) in [6.07, 6.45) is 0.853. The average molecular weight is 298 g/mol. The van der Waals surface area contributed by atoms with Gasteiger partial charge in [-0.15, -0.1) is 0 Å². The third-order valence-corrected chi connectivity index (χ3v) is 3.73. The van der Waals surface area contributed by atoms with Gasteiger partial charge in [-0.1, -0.05) is 18.2 Å². The van der Waals surface area contributed by atoms with Crippen molar-refractivity contribution in [2.24, 2.45) is 0 Å². The molecule has 4 nitrogen and oxygen atoms in total. The summed E-state index contributed by atoms with van der Waals surface area (Å²) in [7, 11) is 0. The number of hydrogen-bond acceptors (Lipinski definition) is 2. The third kappa shape index (κ3) is 2.70. The number of carbonyl (C=O) groups excluding carboxylic acids is 2. The summed E-state index contributed by atoms with van der Waals surface area (Å²) in [6, 6.07) is 9.92. The van der Waals surface area contributed by atoms with Crippen molar-refractivity contribution in [2.45, 2.75) is 19.8 Å². The highest BCUT2D eigenvalue weighted by Crippen LogP contribution is 2.29. The minimum atomic E-state index is -0.503. The second-order valence-corrected chi connectivity index (χ2v) is 5.31. The lowest BCUT2D eigenvalue weighted by Crippen LogP contribution is -2.20. The van der Waals surface area contributed by atoms with Gasteiger partial charge in [-0.3, -0.25) is 9.59 Å². The molecule has 0 saturated heterocycles. The van der Waals surface area contributed by atoms with Crippen LogP contribution < -0.4 is 10.6 Å². The molecule has 0 radical (unpaired) electrons. The molecule has 5 heteroatoms. The predicted octanol–water partition coefficient (Wildman–Crippen LogP) is 3.27. The lowest BCUT2D eigenvalue weighted by Gasteiger charge is -2.18. The maximum absolute atomic E-state index is 14.1. The quantitative estimate of drug-likeness (QED) is 0.894. The zero-order valence-electron chi connectivity index (χ0n) is 12.1. The molecule has 2 amide bonds. The van der Waals surface area contributed by atoms with E-state index in [1.165, 1.54) is 12.1 Å². The summed E-state index contributed by atoms with van der Waals surface area (Å²) in [6.45, 7) is 1.82. The fourth-order valence-electron chi connectivity index (χ4n) is 2.51. The van der Waals surface area contributed by atoms with Crippen LogP contribution in [0.3, 0.4) is 0 Å². The Bertz CT molecular complexity index is 771. The fraction of sp³-hybridized carbons (Fsp3) is 0.176. The Kier molecular flexibility index (Phi) is 3.63. The van der Waals surface area contributed by atoms with Crippen LogP contribution in [-0.2, 0) is 11.2 Å². The lowest BCUT2D eigenvalue weighted by molar-refractivity contribution is -0.116. The molecule has 0 saturated carbocycles. The monoisotopic (exact) mass is 298 g/mol. The smallest absolute Gasteiger partial charge is 0.256 e. The Morgan fingerprint density at radius 2 is 2.00 bits per heavy atom. The van der Waals surface area contributed by atoms with Gasteiger partial charge in [0.1, 0.15) is 5.82 Å². The lowest BCUT2D eigenvalue weighted by atomic mass is 10.0. The number of amides is 2. The predicted molar refractivity (Wildman–Crippen MR) is 82.5 cm³/mol. The molecular formula is C17H15FN2O2. The number of nitrogens with one attached hydrogen (secondary N) is 2. The van der Waals surface area contributed by atoms with Crippen LogP contribution in [0.4, 0.5) is 15.8 Å². The Hall–Kier alpha value is -2.69. The van der Waals surface area contributed by atoms with Crippen molar-refractivity contribution in [3.05, 3.63) is 58.9 Å². The van der Waals surface area contributed by atoms with Gasteiger partial charge in [-0.2, -0.15) is 0 Å². The molecular weight excluding hydrogens is 283 g/mol. The number of hydrogen-bond donors (Lipinski definition) is 2. The van der Waals surface area contributed by atoms with Gasteiger partial charge in [0.05, 0.1) is 5.69 Å². The minimum Gasteiger partial charge on any atom is -0.326 e. The Morgan fingerprint density at radius 3 is 2.77 bits per heavy atom. The number of halogens is 1. The molecule has 22 heavy (non-hydrogen) atoms. The Morgan fingerprint density at radius 1 is 1.23 bits per heavy atom. The van der Waals surface area contributed by atoms with Gasteiger partial charge >= 0.3 is 0 Å². The van der Waals surface area contributed by atoms with E-state index in [9.17, 15) is 14.0 Å². The standard InChI is InChI=1S/C17H15FN2O2/c1-10-4-2-3-5-12(10)17(22)20-15-9-14-11(8-13(15)18)6-7-16(21)19-14/h2-5,8-9H,6-7H2,1H3,(H,19,21)(H,20,22). The molecule has 3 rings (SSSR count). The molecule has 0 atom stereocenters. The van der Waals surface area contributed by atoms with Crippen molar-refractivity contribution in [1.82, 2.24) is 0 Å². The van der Waals surface area contributed by atoms with Crippen molar-refractivity contribution in [3.63, 3.8) is 0 Å². The maximum Gasteiger partial charge on any atom is 0.256 e. The minimum absolute atomic E-state index is 0.0641. The highest BCUT2D eigenvalue weighted by molar-refractivity contribution is 6.06. The van der Waals surface area contributed by atoms with E-state index in [0.717, 1.165) is 11.1 Å². The van der Waals surface area contributed by atoms with Crippen molar-refractivity contribution in [2.75, 3.05) is 10.6 Å². The summed E-state index contributed by atoms with van der Waals surface area (Å²) in [4.78, 5) is 23.7. The van der Waals surface area contributed by atoms with Crippen molar-refractivity contribution < 1.29 is 14.0 Å². The first-order valence-corrected chi connectivity index (χ1v) is 7.04. The van der Waals surface area contributed by atoms with E-state index < -0.39 is 5.82 Å². The highest BCUT2D eigenvalue weighted by atomic mass is 19.1. The van der Waals surface area contributed by atoms with Crippen LogP contribution in [0, 0.1) is 12.7 Å². The van der Waals surface area contributed by atoms with E-state index >= 15 is 0 Å². The van der Waals surface area contributed by atoms with Crippen LogP contribution in [0.15, 0.2) is 36.4 Å². The molecule has 2 N–H and O–H groups in total. The number of benzene rings is 2. The molecule has 1 heterocycles. The Balaban J connectivity index is 1.89. The third-order valence-electron chi connectivity index (χ3n) is 3.73. The van der Waals surface area contributed by atoms with E-state index in [2.05, 4.69) is 10.6 Å². The van der Waals surface area contributed by atoms with Gasteiger partial charge in [-0.25, -0.2) is 4.39 Å². The summed E-state index contributed by atoms with van der Waals surface area (Å²) >= 11 is 0. The molecule has 0 fully saturated rings. The van der Waals surface area contributed by atoms with Crippen LogP contribution >= 0.6 is 0 Å². The molecule has 2 aromatic carbocycles. The SMILES string of the molecule is Cc1ccccc1C(=O)Nc1cc2c(cc1F)CCC(=O)N2. The highest BCUT2D eigenvalue weighted by Gasteiger charge is 2.19. The summed E-state index contributed by atoms with van der Waals surface area (Å²) < 4.78 is 14.1. The molecule has 112 valence electrons. The van der Waals surface area contributed by atoms with Crippen molar-refractivity contribution in [1.29, 1.82) is 0 Å². The molecule has 1 aliphatic rings. The van der Waals surface area contributed by atoms with Crippen LogP contribution in [0.2, 0.25) is 0 Å². The number of fused-ring (bicyclic) bond motifs is 1. The second-order valence-electron chi connectivity index (χ2n) is 5.31. The van der Waals surface area contributed by atoms with Gasteiger partial charge in [-0.05, 0) is 42.7 Å².